The van der Waals surface area contributed by atoms with Gasteiger partial charge in [0.1, 0.15) is 12.1 Å². The van der Waals surface area contributed by atoms with Gasteiger partial charge in [0.05, 0.1) is 0 Å². The van der Waals surface area contributed by atoms with Gasteiger partial charge in [-0.25, -0.2) is 9.59 Å². The highest BCUT2D eigenvalue weighted by atomic mass is 16.5. The topological polar surface area (TPSA) is 105 Å². The van der Waals surface area contributed by atoms with Crippen LogP contribution in [0.1, 0.15) is 63.0 Å². The van der Waals surface area contributed by atoms with Gasteiger partial charge in [-0.15, -0.1) is 0 Å². The number of carbonyl (C=O) groups excluding carboxylic acids is 2. The lowest BCUT2D eigenvalue weighted by Crippen LogP contribution is -2.51. The molecule has 2 atom stereocenters. The summed E-state index contributed by atoms with van der Waals surface area (Å²) in [4.78, 5) is 36.5. The fourth-order valence-corrected chi connectivity index (χ4v) is 5.12. The first kappa shape index (κ1) is 23.8. The van der Waals surface area contributed by atoms with Gasteiger partial charge in [0, 0.05) is 18.4 Å². The van der Waals surface area contributed by atoms with Gasteiger partial charge in [-0.05, 0) is 54.9 Å². The van der Waals surface area contributed by atoms with Crippen LogP contribution >= 0.6 is 0 Å². The Balaban J connectivity index is 1.36. The van der Waals surface area contributed by atoms with Crippen molar-refractivity contribution in [2.24, 2.45) is 5.92 Å². The number of carboxylic acid groups (broad SMARTS) is 1. The molecule has 7 nitrogen and oxygen atoms in total. The summed E-state index contributed by atoms with van der Waals surface area (Å²) in [5.41, 5.74) is 3.33. The Bertz CT molecular complexity index is 1030. The summed E-state index contributed by atoms with van der Waals surface area (Å²) in [7, 11) is 0. The van der Waals surface area contributed by atoms with Crippen LogP contribution in [0.2, 0.25) is 0 Å². The van der Waals surface area contributed by atoms with Gasteiger partial charge in [-0.2, -0.15) is 0 Å². The Hall–Kier alpha value is -3.35. The first-order chi connectivity index (χ1) is 16.3. The van der Waals surface area contributed by atoms with Crippen molar-refractivity contribution >= 4 is 18.0 Å². The Labute approximate surface area is 199 Å². The van der Waals surface area contributed by atoms with E-state index in [1.807, 2.05) is 24.3 Å². The van der Waals surface area contributed by atoms with E-state index in [2.05, 4.69) is 34.9 Å². The average molecular weight is 465 g/mol. The molecule has 0 spiro atoms. The second kappa shape index (κ2) is 9.87. The third-order valence-electron chi connectivity index (χ3n) is 6.99. The molecule has 2 unspecified atom stereocenters. The van der Waals surface area contributed by atoms with E-state index in [4.69, 9.17) is 4.74 Å². The van der Waals surface area contributed by atoms with Crippen molar-refractivity contribution < 1.29 is 24.2 Å². The number of hydrogen-bond acceptors (Lipinski definition) is 4. The number of benzene rings is 2. The first-order valence-corrected chi connectivity index (χ1v) is 11.9. The fraction of sp³-hybridized carbons (Fsp3) is 0.444. The van der Waals surface area contributed by atoms with Gasteiger partial charge in [-0.1, -0.05) is 61.4 Å². The molecule has 3 N–H and O–H groups in total. The van der Waals surface area contributed by atoms with E-state index in [-0.39, 0.29) is 36.8 Å². The maximum atomic E-state index is 12.7. The number of fused-ring (bicyclic) bond motifs is 3. The fourth-order valence-electron chi connectivity index (χ4n) is 5.12. The van der Waals surface area contributed by atoms with Crippen LogP contribution < -0.4 is 10.6 Å². The number of hydrogen-bond donors (Lipinski definition) is 3. The predicted octanol–water partition coefficient (Wildman–Crippen LogP) is 4.45. The van der Waals surface area contributed by atoms with Gasteiger partial charge in [0.15, 0.2) is 0 Å². The number of ether oxygens (including phenoxy) is 1. The Morgan fingerprint density at radius 2 is 1.56 bits per heavy atom. The number of aliphatic carboxylic acids is 1. The summed E-state index contributed by atoms with van der Waals surface area (Å²) in [5.74, 6) is -1.47. The molecule has 2 aromatic carbocycles. The number of nitrogens with one attached hydrogen (secondary N) is 2. The predicted molar refractivity (Wildman–Crippen MR) is 128 cm³/mol. The van der Waals surface area contributed by atoms with Crippen LogP contribution in [-0.4, -0.2) is 41.3 Å². The van der Waals surface area contributed by atoms with Gasteiger partial charge in [-0.3, -0.25) is 4.79 Å². The van der Waals surface area contributed by atoms with Crippen LogP contribution in [0.3, 0.4) is 0 Å². The Kier molecular flexibility index (Phi) is 6.91. The monoisotopic (exact) mass is 464 g/mol. The summed E-state index contributed by atoms with van der Waals surface area (Å²) in [5, 5.41) is 14.8. The third-order valence-corrected chi connectivity index (χ3v) is 6.99. The molecule has 2 amide bonds. The SMILES string of the molecule is CC(C)(NC(=O)CC1CCCCC1NC(=O)OCC1c2ccccc2-c2ccccc21)C(=O)O. The lowest BCUT2D eigenvalue weighted by molar-refractivity contribution is -0.146. The summed E-state index contributed by atoms with van der Waals surface area (Å²) >= 11 is 0. The second-order valence-electron chi connectivity index (χ2n) is 9.80. The molecule has 0 radical (unpaired) electrons. The lowest BCUT2D eigenvalue weighted by atomic mass is 9.82. The summed E-state index contributed by atoms with van der Waals surface area (Å²) in [6, 6.07) is 16.2. The molecule has 4 rings (SSSR count). The molecule has 1 fully saturated rings. The minimum absolute atomic E-state index is 0.00988. The number of carbonyl (C=O) groups is 3. The maximum absolute atomic E-state index is 12.7. The van der Waals surface area contributed by atoms with E-state index in [0.29, 0.717) is 0 Å². The van der Waals surface area contributed by atoms with Crippen molar-refractivity contribution in [1.29, 1.82) is 0 Å². The zero-order chi connectivity index (χ0) is 24.3. The normalized spacial score (nSPS) is 19.6. The van der Waals surface area contributed by atoms with E-state index in [0.717, 1.165) is 36.8 Å². The van der Waals surface area contributed by atoms with E-state index in [1.54, 1.807) is 0 Å². The Morgan fingerprint density at radius 1 is 0.971 bits per heavy atom. The third kappa shape index (κ3) is 5.08. The molecule has 2 aliphatic carbocycles. The lowest BCUT2D eigenvalue weighted by Gasteiger charge is -2.32. The van der Waals surface area contributed by atoms with E-state index in [9.17, 15) is 19.5 Å². The number of amides is 2. The molecule has 1 saturated carbocycles. The van der Waals surface area contributed by atoms with Gasteiger partial charge in [0.25, 0.3) is 0 Å². The van der Waals surface area contributed by atoms with E-state index >= 15 is 0 Å². The molecule has 7 heteroatoms. The van der Waals surface area contributed by atoms with Crippen molar-refractivity contribution in [3.05, 3.63) is 59.7 Å². The summed E-state index contributed by atoms with van der Waals surface area (Å²) in [6.07, 6.45) is 3.20. The van der Waals surface area contributed by atoms with Gasteiger partial charge >= 0.3 is 12.1 Å². The van der Waals surface area contributed by atoms with Crippen molar-refractivity contribution in [1.82, 2.24) is 10.6 Å². The molecule has 0 bridgehead atoms. The highest BCUT2D eigenvalue weighted by Gasteiger charge is 2.34. The molecule has 180 valence electrons. The highest BCUT2D eigenvalue weighted by molar-refractivity contribution is 5.86. The number of carboxylic acids is 1. The molecule has 0 aliphatic heterocycles. The second-order valence-corrected chi connectivity index (χ2v) is 9.80. The average Bonchev–Trinajstić information content (AvgIpc) is 3.12. The van der Waals surface area contributed by atoms with Crippen molar-refractivity contribution in [2.45, 2.75) is 63.5 Å². The van der Waals surface area contributed by atoms with Crippen LogP contribution in [0.4, 0.5) is 4.79 Å². The van der Waals surface area contributed by atoms with Crippen molar-refractivity contribution in [3.8, 4) is 11.1 Å². The van der Waals surface area contributed by atoms with Crippen LogP contribution in [0.15, 0.2) is 48.5 Å². The maximum Gasteiger partial charge on any atom is 0.407 e. The van der Waals surface area contributed by atoms with Crippen molar-refractivity contribution in [3.63, 3.8) is 0 Å². The molecule has 0 aromatic heterocycles. The van der Waals surface area contributed by atoms with Crippen LogP contribution in [-0.2, 0) is 14.3 Å². The van der Waals surface area contributed by atoms with Gasteiger partial charge in [0.2, 0.25) is 5.91 Å². The largest absolute Gasteiger partial charge is 0.480 e. The minimum Gasteiger partial charge on any atom is -0.480 e. The molecule has 34 heavy (non-hydrogen) atoms. The zero-order valence-corrected chi connectivity index (χ0v) is 19.7. The molecular formula is C27H32N2O5. The minimum atomic E-state index is -1.33. The van der Waals surface area contributed by atoms with Gasteiger partial charge < -0.3 is 20.5 Å². The molecule has 0 saturated heterocycles. The Morgan fingerprint density at radius 3 is 2.18 bits per heavy atom. The summed E-state index contributed by atoms with van der Waals surface area (Å²) < 4.78 is 5.68. The van der Waals surface area contributed by atoms with Crippen LogP contribution in [0.5, 0.6) is 0 Å². The number of rotatable bonds is 7. The molecule has 0 heterocycles. The smallest absolute Gasteiger partial charge is 0.407 e. The quantitative estimate of drug-likeness (QED) is 0.561. The summed E-state index contributed by atoms with van der Waals surface area (Å²) in [6.45, 7) is 3.16. The molecule has 2 aromatic rings. The standard InChI is InChI=1S/C27H32N2O5/c1-27(2,25(31)32)29-24(30)15-17-9-3-8-14-23(17)28-26(33)34-16-22-20-12-6-4-10-18(20)19-11-5-7-13-21(19)22/h4-7,10-13,17,22-23H,3,8-9,14-16H2,1-2H3,(H,28,33)(H,29,30)(H,31,32). The molecule has 2 aliphatic rings. The van der Waals surface area contributed by atoms with Crippen LogP contribution in [0.25, 0.3) is 11.1 Å². The molecular weight excluding hydrogens is 432 g/mol. The highest BCUT2D eigenvalue weighted by Crippen LogP contribution is 2.44. The van der Waals surface area contributed by atoms with E-state index in [1.165, 1.54) is 25.0 Å². The van der Waals surface area contributed by atoms with Crippen LogP contribution in [0, 0.1) is 5.92 Å². The first-order valence-electron chi connectivity index (χ1n) is 11.9. The van der Waals surface area contributed by atoms with E-state index < -0.39 is 17.6 Å². The van der Waals surface area contributed by atoms with Crippen molar-refractivity contribution in [2.75, 3.05) is 6.61 Å². The number of alkyl carbamates (subject to hydrolysis) is 1. The zero-order valence-electron chi connectivity index (χ0n) is 19.7.